The molecular weight excluding hydrogens is 267 g/mol. The minimum atomic E-state index is -0.256. The van der Waals surface area contributed by atoms with Crippen molar-refractivity contribution in [1.29, 1.82) is 0 Å². The first-order valence-electron chi connectivity index (χ1n) is 7.06. The molecule has 1 N–H and O–H groups in total. The van der Waals surface area contributed by atoms with Gasteiger partial charge in [-0.15, -0.1) is 0 Å². The van der Waals surface area contributed by atoms with Gasteiger partial charge in [0.2, 0.25) is 0 Å². The summed E-state index contributed by atoms with van der Waals surface area (Å²) in [5.41, 5.74) is 3.31. The number of benzene rings is 2. The molecule has 108 valence electrons. The topological polar surface area (TPSA) is 38.0 Å². The van der Waals surface area contributed by atoms with Crippen LogP contribution in [0.5, 0.6) is 5.75 Å². The zero-order chi connectivity index (χ0) is 15.0. The summed E-state index contributed by atoms with van der Waals surface area (Å²) in [7, 11) is 0. The molecule has 21 heavy (non-hydrogen) atoms. The number of fused-ring (bicyclic) bond motifs is 1. The Morgan fingerprint density at radius 1 is 1.19 bits per heavy atom. The number of hydrogen-bond donors (Lipinski definition) is 1. The van der Waals surface area contributed by atoms with E-state index >= 15 is 0 Å². The number of hydrogen-bond acceptors (Lipinski definition) is 2. The summed E-state index contributed by atoms with van der Waals surface area (Å²) in [6.07, 6.45) is 0.937. The molecule has 0 amide bonds. The lowest BCUT2D eigenvalue weighted by atomic mass is 10.1. The summed E-state index contributed by atoms with van der Waals surface area (Å²) in [4.78, 5) is 4.63. The summed E-state index contributed by atoms with van der Waals surface area (Å²) in [6, 6.07) is 10.1. The first-order valence-corrected chi connectivity index (χ1v) is 7.06. The van der Waals surface area contributed by atoms with Gasteiger partial charge in [-0.1, -0.05) is 6.92 Å². The van der Waals surface area contributed by atoms with Gasteiger partial charge in [0, 0.05) is 12.1 Å². The van der Waals surface area contributed by atoms with Crippen molar-refractivity contribution in [1.82, 2.24) is 9.55 Å². The largest absolute Gasteiger partial charge is 0.508 e. The highest BCUT2D eigenvalue weighted by atomic mass is 19.1. The molecule has 0 atom stereocenters. The van der Waals surface area contributed by atoms with Crippen LogP contribution in [0.3, 0.4) is 0 Å². The number of aromatic hydroxyl groups is 1. The van der Waals surface area contributed by atoms with Crippen molar-refractivity contribution in [3.05, 3.63) is 47.8 Å². The van der Waals surface area contributed by atoms with Crippen LogP contribution < -0.4 is 0 Å². The summed E-state index contributed by atoms with van der Waals surface area (Å²) in [5, 5.41) is 9.66. The highest BCUT2D eigenvalue weighted by molar-refractivity contribution is 5.81. The van der Waals surface area contributed by atoms with Crippen LogP contribution in [0.1, 0.15) is 18.9 Å². The third-order valence-electron chi connectivity index (χ3n) is 3.61. The lowest BCUT2D eigenvalue weighted by Crippen LogP contribution is -2.00. The Labute approximate surface area is 122 Å². The van der Waals surface area contributed by atoms with E-state index in [0.717, 1.165) is 41.0 Å². The van der Waals surface area contributed by atoms with Crippen LogP contribution in [0.15, 0.2) is 36.4 Å². The molecule has 1 heterocycles. The molecule has 0 aliphatic carbocycles. The Kier molecular flexibility index (Phi) is 3.37. The van der Waals surface area contributed by atoms with Crippen molar-refractivity contribution in [3.8, 4) is 17.1 Å². The van der Waals surface area contributed by atoms with Crippen molar-refractivity contribution in [2.75, 3.05) is 0 Å². The molecule has 0 bridgehead atoms. The maximum atomic E-state index is 13.5. The summed E-state index contributed by atoms with van der Waals surface area (Å²) >= 11 is 0. The normalized spacial score (nSPS) is 11.2. The van der Waals surface area contributed by atoms with Gasteiger partial charge < -0.3 is 9.67 Å². The van der Waals surface area contributed by atoms with E-state index in [2.05, 4.69) is 11.9 Å². The van der Waals surface area contributed by atoms with Crippen LogP contribution >= 0.6 is 0 Å². The standard InChI is InChI=1S/C17H17FN2O/c1-3-8-20-15-10-13(18)5-6-14(15)19-17(20)12-4-7-16(21)11(2)9-12/h4-7,9-10,21H,3,8H2,1-2H3. The first-order chi connectivity index (χ1) is 10.1. The monoisotopic (exact) mass is 284 g/mol. The number of rotatable bonds is 3. The molecule has 0 fully saturated rings. The second-order valence-electron chi connectivity index (χ2n) is 5.22. The molecule has 2 aromatic carbocycles. The van der Waals surface area contributed by atoms with Crippen LogP contribution in [0.25, 0.3) is 22.4 Å². The highest BCUT2D eigenvalue weighted by Gasteiger charge is 2.13. The predicted molar refractivity (Wildman–Crippen MR) is 81.8 cm³/mol. The lowest BCUT2D eigenvalue weighted by Gasteiger charge is -2.09. The van der Waals surface area contributed by atoms with E-state index in [1.807, 2.05) is 23.6 Å². The smallest absolute Gasteiger partial charge is 0.141 e. The predicted octanol–water partition coefficient (Wildman–Crippen LogP) is 4.27. The molecule has 0 spiro atoms. The van der Waals surface area contributed by atoms with Crippen LogP contribution in [0.4, 0.5) is 4.39 Å². The first kappa shape index (κ1) is 13.6. The number of imidazole rings is 1. The molecule has 0 unspecified atom stereocenters. The van der Waals surface area contributed by atoms with Crippen LogP contribution in [0, 0.1) is 12.7 Å². The van der Waals surface area contributed by atoms with E-state index in [-0.39, 0.29) is 11.6 Å². The lowest BCUT2D eigenvalue weighted by molar-refractivity contribution is 0.471. The third kappa shape index (κ3) is 2.37. The zero-order valence-electron chi connectivity index (χ0n) is 12.1. The molecule has 0 saturated carbocycles. The average Bonchev–Trinajstić information content (AvgIpc) is 2.81. The van der Waals surface area contributed by atoms with Crippen LogP contribution in [-0.4, -0.2) is 14.7 Å². The van der Waals surface area contributed by atoms with Crippen LogP contribution in [0.2, 0.25) is 0 Å². The van der Waals surface area contributed by atoms with Gasteiger partial charge in [-0.05, 0) is 55.3 Å². The average molecular weight is 284 g/mol. The number of phenolic OH excluding ortho intramolecular Hbond substituents is 1. The molecule has 0 aliphatic heterocycles. The maximum absolute atomic E-state index is 13.5. The van der Waals surface area contributed by atoms with Gasteiger partial charge in [0.1, 0.15) is 17.4 Å². The van der Waals surface area contributed by atoms with Gasteiger partial charge in [-0.2, -0.15) is 0 Å². The number of nitrogens with zero attached hydrogens (tertiary/aromatic N) is 2. The fraction of sp³-hybridized carbons (Fsp3) is 0.235. The fourth-order valence-corrected chi connectivity index (χ4v) is 2.56. The second kappa shape index (κ2) is 5.20. The third-order valence-corrected chi connectivity index (χ3v) is 3.61. The van der Waals surface area contributed by atoms with Gasteiger partial charge in [-0.3, -0.25) is 0 Å². The van der Waals surface area contributed by atoms with E-state index in [4.69, 9.17) is 0 Å². The molecule has 0 aliphatic rings. The van der Waals surface area contributed by atoms with Crippen molar-refractivity contribution in [2.45, 2.75) is 26.8 Å². The van der Waals surface area contributed by atoms with Crippen molar-refractivity contribution < 1.29 is 9.50 Å². The molecule has 3 nitrogen and oxygen atoms in total. The van der Waals surface area contributed by atoms with Crippen molar-refractivity contribution in [2.24, 2.45) is 0 Å². The van der Waals surface area contributed by atoms with Gasteiger partial charge in [0.25, 0.3) is 0 Å². The minimum Gasteiger partial charge on any atom is -0.508 e. The van der Waals surface area contributed by atoms with Gasteiger partial charge in [-0.25, -0.2) is 9.37 Å². The van der Waals surface area contributed by atoms with Gasteiger partial charge in [0.05, 0.1) is 11.0 Å². The van der Waals surface area contributed by atoms with Crippen molar-refractivity contribution >= 4 is 11.0 Å². The quantitative estimate of drug-likeness (QED) is 0.780. The number of halogens is 1. The summed E-state index contributed by atoms with van der Waals surface area (Å²) in [6.45, 7) is 4.71. The molecule has 1 aromatic heterocycles. The number of phenols is 1. The Morgan fingerprint density at radius 3 is 2.71 bits per heavy atom. The number of aryl methyl sites for hydroxylation is 2. The minimum absolute atomic E-state index is 0.256. The molecule has 0 saturated heterocycles. The fourth-order valence-electron chi connectivity index (χ4n) is 2.56. The maximum Gasteiger partial charge on any atom is 0.141 e. The van der Waals surface area contributed by atoms with E-state index in [0.29, 0.717) is 0 Å². The Hall–Kier alpha value is -2.36. The molecule has 0 radical (unpaired) electrons. The zero-order valence-corrected chi connectivity index (χ0v) is 12.1. The van der Waals surface area contributed by atoms with E-state index < -0.39 is 0 Å². The number of aromatic nitrogens is 2. The molecule has 3 aromatic rings. The molecule has 4 heteroatoms. The van der Waals surface area contributed by atoms with Crippen LogP contribution in [-0.2, 0) is 6.54 Å². The second-order valence-corrected chi connectivity index (χ2v) is 5.22. The van der Waals surface area contributed by atoms with E-state index in [1.165, 1.54) is 12.1 Å². The Bertz CT molecular complexity index is 808. The van der Waals surface area contributed by atoms with Gasteiger partial charge in [0.15, 0.2) is 0 Å². The van der Waals surface area contributed by atoms with Crippen molar-refractivity contribution in [3.63, 3.8) is 0 Å². The Balaban J connectivity index is 2.25. The van der Waals surface area contributed by atoms with E-state index in [9.17, 15) is 9.50 Å². The molecule has 3 rings (SSSR count). The molecular formula is C17H17FN2O. The highest BCUT2D eigenvalue weighted by Crippen LogP contribution is 2.28. The Morgan fingerprint density at radius 2 is 2.00 bits per heavy atom. The summed E-state index contributed by atoms with van der Waals surface area (Å²) in [5.74, 6) is 0.816. The van der Waals surface area contributed by atoms with Gasteiger partial charge >= 0.3 is 0 Å². The van der Waals surface area contributed by atoms with E-state index in [1.54, 1.807) is 12.1 Å². The SMILES string of the molecule is CCCn1c(-c2ccc(O)c(C)c2)nc2ccc(F)cc21. The summed E-state index contributed by atoms with van der Waals surface area (Å²) < 4.78 is 15.5.